The van der Waals surface area contributed by atoms with Crippen molar-refractivity contribution in [3.8, 4) is 5.75 Å². The fraction of sp³-hybridized carbons (Fsp3) is 0.308. The molecule has 176 valence electrons. The van der Waals surface area contributed by atoms with Crippen LogP contribution in [-0.4, -0.2) is 42.0 Å². The average molecular weight is 460 g/mol. The van der Waals surface area contributed by atoms with Gasteiger partial charge in [-0.2, -0.15) is 0 Å². The van der Waals surface area contributed by atoms with E-state index < -0.39 is 5.92 Å². The molecule has 1 fully saturated rings. The van der Waals surface area contributed by atoms with E-state index in [2.05, 4.69) is 15.3 Å². The minimum absolute atomic E-state index is 0.0733. The minimum Gasteiger partial charge on any atom is -0.497 e. The van der Waals surface area contributed by atoms with Gasteiger partial charge >= 0.3 is 0 Å². The molecule has 0 aliphatic carbocycles. The van der Waals surface area contributed by atoms with Gasteiger partial charge in [0.2, 0.25) is 17.8 Å². The third-order valence-electron chi connectivity index (χ3n) is 5.84. The van der Waals surface area contributed by atoms with E-state index in [9.17, 15) is 9.59 Å². The summed E-state index contributed by atoms with van der Waals surface area (Å²) in [6.45, 7) is 6.99. The van der Waals surface area contributed by atoms with E-state index in [-0.39, 0.29) is 18.2 Å². The smallest absolute Gasteiger partial charge is 0.230 e. The molecule has 8 nitrogen and oxygen atoms in total. The molecule has 1 saturated heterocycles. The summed E-state index contributed by atoms with van der Waals surface area (Å²) < 4.78 is 5.25. The Hall–Kier alpha value is -3.94. The topological polar surface area (TPSA) is 87.7 Å². The van der Waals surface area contributed by atoms with Crippen LogP contribution in [0.5, 0.6) is 5.75 Å². The van der Waals surface area contributed by atoms with Crippen molar-refractivity contribution in [3.63, 3.8) is 0 Å². The van der Waals surface area contributed by atoms with Crippen LogP contribution >= 0.6 is 0 Å². The average Bonchev–Trinajstić information content (AvgIpc) is 3.22. The maximum atomic E-state index is 12.9. The predicted octanol–water partition coefficient (Wildman–Crippen LogP) is 4.25. The van der Waals surface area contributed by atoms with Crippen LogP contribution in [0.2, 0.25) is 0 Å². The van der Waals surface area contributed by atoms with Gasteiger partial charge in [-0.25, -0.2) is 9.97 Å². The van der Waals surface area contributed by atoms with E-state index in [1.807, 2.05) is 74.2 Å². The Bertz CT molecular complexity index is 1180. The molecule has 1 aromatic heterocycles. The lowest BCUT2D eigenvalue weighted by Gasteiger charge is -2.22. The summed E-state index contributed by atoms with van der Waals surface area (Å²) >= 11 is 0. The number of rotatable bonds is 7. The van der Waals surface area contributed by atoms with E-state index in [4.69, 9.17) is 4.74 Å². The third-order valence-corrected chi connectivity index (χ3v) is 5.84. The number of carbonyl (C=O) groups is 2. The zero-order valence-electron chi connectivity index (χ0n) is 19.9. The van der Waals surface area contributed by atoms with E-state index in [0.717, 1.165) is 22.8 Å². The van der Waals surface area contributed by atoms with Crippen molar-refractivity contribution in [1.29, 1.82) is 0 Å². The van der Waals surface area contributed by atoms with Crippen molar-refractivity contribution in [1.82, 2.24) is 9.97 Å². The Morgan fingerprint density at radius 2 is 1.82 bits per heavy atom. The van der Waals surface area contributed by atoms with Crippen LogP contribution < -0.4 is 19.9 Å². The second kappa shape index (κ2) is 9.91. The van der Waals surface area contributed by atoms with E-state index in [0.29, 0.717) is 30.5 Å². The first-order valence-electron chi connectivity index (χ1n) is 11.3. The highest BCUT2D eigenvalue weighted by Gasteiger charge is 2.35. The molecule has 2 aromatic carbocycles. The molecule has 1 atom stereocenters. The second-order valence-electron chi connectivity index (χ2n) is 8.34. The first-order valence-corrected chi connectivity index (χ1v) is 11.3. The van der Waals surface area contributed by atoms with E-state index >= 15 is 0 Å². The van der Waals surface area contributed by atoms with Crippen molar-refractivity contribution in [2.24, 2.45) is 5.92 Å². The first-order chi connectivity index (χ1) is 16.4. The van der Waals surface area contributed by atoms with Gasteiger partial charge in [0, 0.05) is 54.0 Å². The lowest BCUT2D eigenvalue weighted by Crippen LogP contribution is -2.28. The number of aromatic nitrogens is 2. The van der Waals surface area contributed by atoms with Crippen LogP contribution in [0.4, 0.5) is 23.0 Å². The fourth-order valence-corrected chi connectivity index (χ4v) is 4.15. The van der Waals surface area contributed by atoms with Crippen molar-refractivity contribution in [2.75, 3.05) is 35.3 Å². The Labute approximate surface area is 199 Å². The normalized spacial score (nSPS) is 15.4. The number of carbonyl (C=O) groups excluding carboxylic acids is 2. The van der Waals surface area contributed by atoms with Gasteiger partial charge in [-0.15, -0.1) is 0 Å². The molecule has 0 radical (unpaired) electrons. The zero-order chi connectivity index (χ0) is 24.2. The largest absolute Gasteiger partial charge is 0.497 e. The van der Waals surface area contributed by atoms with Gasteiger partial charge in [-0.1, -0.05) is 6.07 Å². The Balaban J connectivity index is 1.43. The number of hydrogen-bond acceptors (Lipinski definition) is 6. The SMILES string of the molecule is CCN(c1ccc(NC(=O)C2CC(=O)N(c3cccc(OC)c3)C2)cc1)c1nc(C)cc(C)n1. The minimum atomic E-state index is -0.422. The molecule has 1 unspecified atom stereocenters. The molecule has 4 rings (SSSR count). The highest BCUT2D eigenvalue weighted by Crippen LogP contribution is 2.29. The molecule has 1 aliphatic heterocycles. The quantitative estimate of drug-likeness (QED) is 0.568. The van der Waals surface area contributed by atoms with E-state index in [1.54, 1.807) is 18.1 Å². The summed E-state index contributed by atoms with van der Waals surface area (Å²) in [6, 6.07) is 16.8. The fourth-order valence-electron chi connectivity index (χ4n) is 4.15. The van der Waals surface area contributed by atoms with Crippen molar-refractivity contribution >= 4 is 34.8 Å². The van der Waals surface area contributed by atoms with Crippen LogP contribution in [0.25, 0.3) is 0 Å². The molecule has 2 heterocycles. The van der Waals surface area contributed by atoms with Gasteiger partial charge in [0.1, 0.15) is 5.75 Å². The molecule has 2 amide bonds. The molecule has 1 N–H and O–H groups in total. The predicted molar refractivity (Wildman–Crippen MR) is 133 cm³/mol. The second-order valence-corrected chi connectivity index (χ2v) is 8.34. The van der Waals surface area contributed by atoms with Crippen LogP contribution in [0.15, 0.2) is 54.6 Å². The number of methoxy groups -OCH3 is 1. The number of aryl methyl sites for hydroxylation is 2. The number of nitrogens with zero attached hydrogens (tertiary/aromatic N) is 4. The number of nitrogens with one attached hydrogen (secondary N) is 1. The maximum absolute atomic E-state index is 12.9. The molecule has 1 aliphatic rings. The Kier molecular flexibility index (Phi) is 6.77. The molecule has 3 aromatic rings. The molecule has 0 saturated carbocycles. The van der Waals surface area contributed by atoms with E-state index in [1.165, 1.54) is 0 Å². The number of anilines is 4. The van der Waals surface area contributed by atoms with Gasteiger partial charge in [-0.05, 0) is 63.2 Å². The van der Waals surface area contributed by atoms with Gasteiger partial charge in [0.25, 0.3) is 0 Å². The third kappa shape index (κ3) is 5.01. The molecule has 34 heavy (non-hydrogen) atoms. The van der Waals surface area contributed by atoms with Crippen LogP contribution in [0.3, 0.4) is 0 Å². The van der Waals surface area contributed by atoms with Crippen molar-refractivity contribution in [3.05, 3.63) is 66.0 Å². The summed E-state index contributed by atoms with van der Waals surface area (Å²) in [5, 5.41) is 2.95. The number of amides is 2. The van der Waals surface area contributed by atoms with Crippen LogP contribution in [0, 0.1) is 19.8 Å². The summed E-state index contributed by atoms with van der Waals surface area (Å²) in [6.07, 6.45) is 0.175. The van der Waals surface area contributed by atoms with Crippen LogP contribution in [0.1, 0.15) is 24.7 Å². The Morgan fingerprint density at radius 3 is 2.47 bits per heavy atom. The maximum Gasteiger partial charge on any atom is 0.230 e. The number of hydrogen-bond donors (Lipinski definition) is 1. The summed E-state index contributed by atoms with van der Waals surface area (Å²) in [4.78, 5) is 38.2. The van der Waals surface area contributed by atoms with Crippen molar-refractivity contribution < 1.29 is 14.3 Å². The summed E-state index contributed by atoms with van der Waals surface area (Å²) in [5.74, 6) is 0.658. The highest BCUT2D eigenvalue weighted by atomic mass is 16.5. The number of benzene rings is 2. The van der Waals surface area contributed by atoms with Gasteiger partial charge in [-0.3, -0.25) is 9.59 Å². The molecular formula is C26H29N5O3. The van der Waals surface area contributed by atoms with Crippen LogP contribution in [-0.2, 0) is 9.59 Å². The lowest BCUT2D eigenvalue weighted by atomic mass is 10.1. The molecule has 0 bridgehead atoms. The summed E-state index contributed by atoms with van der Waals surface area (Å²) in [5.41, 5.74) is 4.18. The monoisotopic (exact) mass is 459 g/mol. The van der Waals surface area contributed by atoms with Gasteiger partial charge in [0.05, 0.1) is 13.0 Å². The highest BCUT2D eigenvalue weighted by molar-refractivity contribution is 6.03. The standard InChI is InChI=1S/C26H29N5O3/c1-5-30(26-27-17(2)13-18(3)28-26)21-11-9-20(10-12-21)29-25(33)19-14-24(32)31(16-19)22-7-6-8-23(15-22)34-4/h6-13,15,19H,5,14,16H2,1-4H3,(H,29,33). The van der Waals surface area contributed by atoms with Gasteiger partial charge < -0.3 is 19.9 Å². The lowest BCUT2D eigenvalue weighted by molar-refractivity contribution is -0.122. The van der Waals surface area contributed by atoms with Crippen molar-refractivity contribution in [2.45, 2.75) is 27.2 Å². The molecule has 8 heteroatoms. The first kappa shape index (κ1) is 23.2. The van der Waals surface area contributed by atoms with Gasteiger partial charge in [0.15, 0.2) is 0 Å². The number of ether oxygens (including phenoxy) is 1. The Morgan fingerprint density at radius 1 is 1.12 bits per heavy atom. The zero-order valence-corrected chi connectivity index (χ0v) is 19.9. The molecule has 0 spiro atoms. The summed E-state index contributed by atoms with van der Waals surface area (Å²) in [7, 11) is 1.58. The molecular weight excluding hydrogens is 430 g/mol.